The van der Waals surface area contributed by atoms with Gasteiger partial charge in [0.25, 0.3) is 0 Å². The average molecular weight is 352 g/mol. The van der Waals surface area contributed by atoms with Gasteiger partial charge in [-0.05, 0) is 35.4 Å². The molecule has 134 valence electrons. The van der Waals surface area contributed by atoms with Gasteiger partial charge < -0.3 is 18.6 Å². The van der Waals surface area contributed by atoms with Crippen molar-refractivity contribution in [1.29, 1.82) is 0 Å². The van der Waals surface area contributed by atoms with Gasteiger partial charge >= 0.3 is 11.9 Å². The lowest BCUT2D eigenvalue weighted by Gasteiger charge is -2.08. The number of esters is 2. The molecule has 6 nitrogen and oxygen atoms in total. The lowest BCUT2D eigenvalue weighted by atomic mass is 10.1. The van der Waals surface area contributed by atoms with Gasteiger partial charge in [-0.1, -0.05) is 24.3 Å². The predicted octanol–water partition coefficient (Wildman–Crippen LogP) is 3.08. The first-order valence-corrected chi connectivity index (χ1v) is 8.19. The molecule has 2 heterocycles. The van der Waals surface area contributed by atoms with Crippen LogP contribution < -0.4 is 0 Å². The fourth-order valence-corrected chi connectivity index (χ4v) is 2.52. The highest BCUT2D eigenvalue weighted by Crippen LogP contribution is 2.11. The van der Waals surface area contributed by atoms with E-state index in [1.54, 1.807) is 59.9 Å². The molecule has 6 heteroatoms. The van der Waals surface area contributed by atoms with E-state index in [0.29, 0.717) is 11.4 Å². The summed E-state index contributed by atoms with van der Waals surface area (Å²) >= 11 is 0. The summed E-state index contributed by atoms with van der Waals surface area (Å²) in [5.41, 5.74) is 2.75. The zero-order chi connectivity index (χ0) is 18.5. The molecule has 0 aliphatic heterocycles. The molecule has 0 fully saturated rings. The van der Waals surface area contributed by atoms with Crippen molar-refractivity contribution in [3.63, 3.8) is 0 Å². The smallest absolute Gasteiger partial charge is 0.355 e. The van der Waals surface area contributed by atoms with Gasteiger partial charge in [0.1, 0.15) is 24.6 Å². The maximum atomic E-state index is 12.0. The largest absolute Gasteiger partial charge is 0.456 e. The SMILES string of the molecule is Cn1cccc1C(=O)OCc1ccc(COC(=O)c2cccn2C)cc1. The average Bonchev–Trinajstić information content (AvgIpc) is 3.26. The number of aryl methyl sites for hydroxylation is 2. The lowest BCUT2D eigenvalue weighted by Crippen LogP contribution is -2.10. The number of carbonyl (C=O) groups excluding carboxylic acids is 2. The normalized spacial score (nSPS) is 10.5. The van der Waals surface area contributed by atoms with Crippen LogP contribution in [0.15, 0.2) is 60.9 Å². The Balaban J connectivity index is 1.50. The molecule has 3 rings (SSSR count). The van der Waals surface area contributed by atoms with Gasteiger partial charge in [0, 0.05) is 26.5 Å². The van der Waals surface area contributed by atoms with E-state index in [1.165, 1.54) is 0 Å². The van der Waals surface area contributed by atoms with Crippen molar-refractivity contribution in [1.82, 2.24) is 9.13 Å². The van der Waals surface area contributed by atoms with E-state index in [1.807, 2.05) is 24.3 Å². The van der Waals surface area contributed by atoms with E-state index in [2.05, 4.69) is 0 Å². The Morgan fingerprint density at radius 2 is 1.12 bits per heavy atom. The van der Waals surface area contributed by atoms with Crippen LogP contribution in [0.2, 0.25) is 0 Å². The Labute approximate surface area is 151 Å². The Bertz CT molecular complexity index is 831. The maximum absolute atomic E-state index is 12.0. The number of ether oxygens (including phenoxy) is 2. The highest BCUT2D eigenvalue weighted by molar-refractivity contribution is 5.88. The molecule has 0 bridgehead atoms. The van der Waals surface area contributed by atoms with Gasteiger partial charge in [-0.3, -0.25) is 0 Å². The third-order valence-corrected chi connectivity index (χ3v) is 4.07. The van der Waals surface area contributed by atoms with Gasteiger partial charge in [-0.25, -0.2) is 9.59 Å². The first-order valence-electron chi connectivity index (χ1n) is 8.19. The van der Waals surface area contributed by atoms with Crippen LogP contribution in [0.5, 0.6) is 0 Å². The molecule has 0 atom stereocenters. The second-order valence-electron chi connectivity index (χ2n) is 5.98. The summed E-state index contributed by atoms with van der Waals surface area (Å²) in [6.07, 6.45) is 3.59. The van der Waals surface area contributed by atoms with Gasteiger partial charge in [0.2, 0.25) is 0 Å². The van der Waals surface area contributed by atoms with Gasteiger partial charge in [-0.15, -0.1) is 0 Å². The molecular formula is C20H20N2O4. The molecule has 0 radical (unpaired) electrons. The van der Waals surface area contributed by atoms with E-state index < -0.39 is 0 Å². The third kappa shape index (κ3) is 4.03. The number of hydrogen-bond donors (Lipinski definition) is 0. The quantitative estimate of drug-likeness (QED) is 0.640. The summed E-state index contributed by atoms with van der Waals surface area (Å²) in [6.45, 7) is 0.376. The van der Waals surface area contributed by atoms with Gasteiger partial charge in [-0.2, -0.15) is 0 Å². The Hall–Kier alpha value is -3.28. The summed E-state index contributed by atoms with van der Waals surface area (Å²) in [4.78, 5) is 24.0. The summed E-state index contributed by atoms with van der Waals surface area (Å²) in [5, 5.41) is 0. The standard InChI is InChI=1S/C20H20N2O4/c1-21-11-3-5-17(21)19(23)25-13-15-7-9-16(10-8-15)14-26-20(24)18-6-4-12-22(18)2/h3-12H,13-14H2,1-2H3. The van der Waals surface area contributed by atoms with Crippen molar-refractivity contribution >= 4 is 11.9 Å². The highest BCUT2D eigenvalue weighted by Gasteiger charge is 2.11. The molecule has 1 aromatic carbocycles. The fourth-order valence-electron chi connectivity index (χ4n) is 2.52. The van der Waals surface area contributed by atoms with Gasteiger partial charge in [0.05, 0.1) is 0 Å². The summed E-state index contributed by atoms with van der Waals surface area (Å²) < 4.78 is 14.0. The highest BCUT2D eigenvalue weighted by atomic mass is 16.5. The van der Waals surface area contributed by atoms with Crippen LogP contribution in [0.4, 0.5) is 0 Å². The number of nitrogens with zero attached hydrogens (tertiary/aromatic N) is 2. The van der Waals surface area contributed by atoms with E-state index in [4.69, 9.17) is 9.47 Å². The molecule has 3 aromatic rings. The van der Waals surface area contributed by atoms with Crippen molar-refractivity contribution in [3.05, 3.63) is 83.4 Å². The minimum Gasteiger partial charge on any atom is -0.456 e. The van der Waals surface area contributed by atoms with Gasteiger partial charge in [0.15, 0.2) is 0 Å². The van der Waals surface area contributed by atoms with Crippen molar-refractivity contribution in [3.8, 4) is 0 Å². The Kier molecular flexibility index (Phi) is 5.22. The molecule has 0 spiro atoms. The first-order chi connectivity index (χ1) is 12.5. The zero-order valence-electron chi connectivity index (χ0n) is 14.7. The van der Waals surface area contributed by atoms with Crippen molar-refractivity contribution in [2.24, 2.45) is 14.1 Å². The molecule has 26 heavy (non-hydrogen) atoms. The van der Waals surface area contributed by atoms with Crippen LogP contribution in [0.25, 0.3) is 0 Å². The summed E-state index contributed by atoms with van der Waals surface area (Å²) in [5.74, 6) is -0.726. The predicted molar refractivity (Wildman–Crippen MR) is 95.5 cm³/mol. The number of benzene rings is 1. The molecule has 0 aliphatic rings. The monoisotopic (exact) mass is 352 g/mol. The Morgan fingerprint density at radius 3 is 1.42 bits per heavy atom. The van der Waals surface area contributed by atoms with Crippen molar-refractivity contribution in [2.45, 2.75) is 13.2 Å². The van der Waals surface area contributed by atoms with Crippen LogP contribution in [0.1, 0.15) is 32.1 Å². The second kappa shape index (κ2) is 7.74. The number of hydrogen-bond acceptors (Lipinski definition) is 4. The van der Waals surface area contributed by atoms with Crippen LogP contribution in [-0.4, -0.2) is 21.1 Å². The Morgan fingerprint density at radius 1 is 0.731 bits per heavy atom. The minimum atomic E-state index is -0.363. The number of carbonyl (C=O) groups is 2. The second-order valence-corrected chi connectivity index (χ2v) is 5.98. The van der Waals surface area contributed by atoms with Crippen LogP contribution >= 0.6 is 0 Å². The molecule has 0 amide bonds. The molecule has 2 aromatic heterocycles. The first kappa shape index (κ1) is 17.5. The van der Waals surface area contributed by atoms with Crippen LogP contribution in [0, 0.1) is 0 Å². The molecule has 0 saturated carbocycles. The maximum Gasteiger partial charge on any atom is 0.355 e. The number of aromatic nitrogens is 2. The van der Waals surface area contributed by atoms with E-state index >= 15 is 0 Å². The topological polar surface area (TPSA) is 62.5 Å². The minimum absolute atomic E-state index is 0.188. The van der Waals surface area contributed by atoms with E-state index in [-0.39, 0.29) is 25.2 Å². The van der Waals surface area contributed by atoms with E-state index in [0.717, 1.165) is 11.1 Å². The molecule has 0 aliphatic carbocycles. The summed E-state index contributed by atoms with van der Waals surface area (Å²) in [7, 11) is 3.59. The van der Waals surface area contributed by atoms with Crippen molar-refractivity contribution < 1.29 is 19.1 Å². The number of rotatable bonds is 6. The van der Waals surface area contributed by atoms with Crippen molar-refractivity contribution in [2.75, 3.05) is 0 Å². The summed E-state index contributed by atoms with van der Waals surface area (Å²) in [6, 6.07) is 14.4. The lowest BCUT2D eigenvalue weighted by molar-refractivity contribution is 0.0449. The zero-order valence-corrected chi connectivity index (χ0v) is 14.7. The fraction of sp³-hybridized carbons (Fsp3) is 0.200. The molecular weight excluding hydrogens is 332 g/mol. The molecule has 0 N–H and O–H groups in total. The molecule has 0 saturated heterocycles. The van der Waals surface area contributed by atoms with Crippen LogP contribution in [0.3, 0.4) is 0 Å². The van der Waals surface area contributed by atoms with E-state index in [9.17, 15) is 9.59 Å². The molecule has 0 unspecified atom stereocenters. The third-order valence-electron chi connectivity index (χ3n) is 4.07. The van der Waals surface area contributed by atoms with Crippen LogP contribution in [-0.2, 0) is 36.8 Å².